The van der Waals surface area contributed by atoms with Crippen molar-refractivity contribution in [3.8, 4) is 0 Å². The zero-order chi connectivity index (χ0) is 11.5. The molecule has 1 aromatic rings. The number of aromatic nitrogens is 2. The summed E-state index contributed by atoms with van der Waals surface area (Å²) in [4.78, 5) is 11.2. The van der Waals surface area contributed by atoms with Gasteiger partial charge in [-0.15, -0.1) is 0 Å². The molecular weight excluding hydrogens is 209 g/mol. The Morgan fingerprint density at radius 3 is 2.73 bits per heavy atom. The largest absolute Gasteiger partial charge is 0.396 e. The normalized spacial score (nSPS) is 11.7. The molecule has 0 aliphatic carbocycles. The van der Waals surface area contributed by atoms with Crippen molar-refractivity contribution in [3.05, 3.63) is 18.0 Å². The first-order chi connectivity index (χ1) is 6.94. The van der Waals surface area contributed by atoms with Crippen LogP contribution in [-0.2, 0) is 6.54 Å². The summed E-state index contributed by atoms with van der Waals surface area (Å²) in [6, 6.07) is 1.31. The second-order valence-corrected chi connectivity index (χ2v) is 3.15. The van der Waals surface area contributed by atoms with E-state index >= 15 is 0 Å². The van der Waals surface area contributed by atoms with Crippen LogP contribution in [0.1, 0.15) is 30.3 Å². The van der Waals surface area contributed by atoms with E-state index in [9.17, 15) is 18.0 Å². The number of hydrogen-bond donors (Lipinski definition) is 0. The van der Waals surface area contributed by atoms with Crippen molar-refractivity contribution in [1.29, 1.82) is 0 Å². The molecule has 84 valence electrons. The smallest absolute Gasteiger partial charge is 0.292 e. The summed E-state index contributed by atoms with van der Waals surface area (Å²) in [7, 11) is 0. The summed E-state index contributed by atoms with van der Waals surface area (Å²) >= 11 is 0. The van der Waals surface area contributed by atoms with E-state index in [1.807, 2.05) is 6.92 Å². The van der Waals surface area contributed by atoms with Gasteiger partial charge in [-0.05, 0) is 12.5 Å². The second-order valence-electron chi connectivity index (χ2n) is 3.15. The fourth-order valence-electron chi connectivity index (χ4n) is 1.23. The van der Waals surface area contributed by atoms with Gasteiger partial charge in [0.25, 0.3) is 0 Å². The highest BCUT2D eigenvalue weighted by atomic mass is 19.4. The van der Waals surface area contributed by atoms with Crippen LogP contribution < -0.4 is 0 Å². The molecule has 0 amide bonds. The molecule has 0 saturated carbocycles. The number of halogens is 3. The number of nitrogens with zero attached hydrogens (tertiary/aromatic N) is 2. The van der Waals surface area contributed by atoms with Crippen molar-refractivity contribution in [2.45, 2.75) is 32.5 Å². The molecule has 0 bridgehead atoms. The maximum absolute atomic E-state index is 12.0. The summed E-state index contributed by atoms with van der Waals surface area (Å²) in [6.45, 7) is 2.31. The summed E-state index contributed by atoms with van der Waals surface area (Å²) in [5, 5.41) is 3.79. The van der Waals surface area contributed by atoms with E-state index < -0.39 is 18.4 Å². The molecular formula is C9H11F3N2O. The quantitative estimate of drug-likeness (QED) is 0.730. The maximum atomic E-state index is 12.0. The molecule has 15 heavy (non-hydrogen) atoms. The Hall–Kier alpha value is -1.33. The summed E-state index contributed by atoms with van der Waals surface area (Å²) in [5.74, 6) is -0.937. The molecule has 1 rings (SSSR count). The van der Waals surface area contributed by atoms with Crippen LogP contribution in [0.25, 0.3) is 0 Å². The Morgan fingerprint density at radius 2 is 2.20 bits per heavy atom. The Bertz CT molecular complexity index is 343. The van der Waals surface area contributed by atoms with Gasteiger partial charge in [-0.2, -0.15) is 18.3 Å². The van der Waals surface area contributed by atoms with E-state index in [0.717, 1.165) is 0 Å². The van der Waals surface area contributed by atoms with Gasteiger partial charge in [-0.25, -0.2) is 0 Å². The predicted molar refractivity (Wildman–Crippen MR) is 47.5 cm³/mol. The number of hydrogen-bond acceptors (Lipinski definition) is 2. The van der Waals surface area contributed by atoms with E-state index in [1.165, 1.54) is 16.9 Å². The average molecular weight is 220 g/mol. The van der Waals surface area contributed by atoms with Crippen LogP contribution in [0.2, 0.25) is 0 Å². The highest BCUT2D eigenvalue weighted by Gasteiger charge is 2.32. The molecule has 0 radical (unpaired) electrons. The first kappa shape index (κ1) is 11.7. The lowest BCUT2D eigenvalue weighted by atomic mass is 10.2. The average Bonchev–Trinajstić information content (AvgIpc) is 2.49. The molecule has 0 fully saturated rings. The van der Waals surface area contributed by atoms with Crippen LogP contribution in [0.3, 0.4) is 0 Å². The predicted octanol–water partition coefficient (Wildman–Crippen LogP) is 2.43. The number of alkyl halides is 3. The molecule has 0 aliphatic rings. The van der Waals surface area contributed by atoms with Crippen molar-refractivity contribution in [1.82, 2.24) is 9.78 Å². The van der Waals surface area contributed by atoms with E-state index in [0.29, 0.717) is 13.0 Å². The summed E-state index contributed by atoms with van der Waals surface area (Å²) in [6.07, 6.45) is -3.84. The molecule has 0 saturated heterocycles. The molecule has 0 unspecified atom stereocenters. The molecule has 0 aromatic carbocycles. The monoisotopic (exact) mass is 220 g/mol. The summed E-state index contributed by atoms with van der Waals surface area (Å²) < 4.78 is 37.2. The highest BCUT2D eigenvalue weighted by molar-refractivity contribution is 5.94. The Kier molecular flexibility index (Phi) is 3.49. The van der Waals surface area contributed by atoms with Crippen molar-refractivity contribution in [2.24, 2.45) is 0 Å². The molecule has 1 aromatic heterocycles. The van der Waals surface area contributed by atoms with Crippen molar-refractivity contribution in [2.75, 3.05) is 0 Å². The van der Waals surface area contributed by atoms with Gasteiger partial charge in [-0.3, -0.25) is 9.48 Å². The third-order valence-electron chi connectivity index (χ3n) is 1.80. The molecule has 0 aliphatic heterocycles. The minimum Gasteiger partial charge on any atom is -0.292 e. The van der Waals surface area contributed by atoms with Crippen LogP contribution >= 0.6 is 0 Å². The maximum Gasteiger partial charge on any atom is 0.396 e. The lowest BCUT2D eigenvalue weighted by molar-refractivity contribution is -0.125. The summed E-state index contributed by atoms with van der Waals surface area (Å²) in [5.41, 5.74) is 0.0224. The zero-order valence-electron chi connectivity index (χ0n) is 8.21. The van der Waals surface area contributed by atoms with Crippen molar-refractivity contribution in [3.63, 3.8) is 0 Å². The van der Waals surface area contributed by atoms with Crippen LogP contribution in [0.4, 0.5) is 13.2 Å². The van der Waals surface area contributed by atoms with Gasteiger partial charge >= 0.3 is 6.18 Å². The molecule has 3 nitrogen and oxygen atoms in total. The number of carbonyl (C=O) groups is 1. The first-order valence-electron chi connectivity index (χ1n) is 4.56. The topological polar surface area (TPSA) is 34.9 Å². The van der Waals surface area contributed by atoms with Gasteiger partial charge < -0.3 is 0 Å². The Morgan fingerprint density at radius 1 is 1.53 bits per heavy atom. The molecule has 6 heteroatoms. The SMILES string of the molecule is CCCn1nccc1C(=O)CC(F)(F)F. The van der Waals surface area contributed by atoms with Gasteiger partial charge in [-0.1, -0.05) is 6.92 Å². The standard InChI is InChI=1S/C9H11F3N2O/c1-2-5-14-7(3-4-13-14)8(15)6-9(10,11)12/h3-4H,2,5-6H2,1H3. The van der Waals surface area contributed by atoms with Gasteiger partial charge in [0.1, 0.15) is 12.1 Å². The van der Waals surface area contributed by atoms with Crippen molar-refractivity contribution >= 4 is 5.78 Å². The Balaban J connectivity index is 2.77. The minimum absolute atomic E-state index is 0.0224. The minimum atomic E-state index is -4.46. The molecule has 1 heterocycles. The van der Waals surface area contributed by atoms with Gasteiger partial charge in [0.05, 0.1) is 0 Å². The number of aryl methyl sites for hydroxylation is 1. The third kappa shape index (κ3) is 3.38. The van der Waals surface area contributed by atoms with Crippen LogP contribution in [0.15, 0.2) is 12.3 Å². The number of rotatable bonds is 4. The molecule has 0 N–H and O–H groups in total. The van der Waals surface area contributed by atoms with E-state index in [-0.39, 0.29) is 5.69 Å². The first-order valence-corrected chi connectivity index (χ1v) is 4.56. The fraction of sp³-hybridized carbons (Fsp3) is 0.556. The van der Waals surface area contributed by atoms with Crippen LogP contribution in [-0.4, -0.2) is 21.7 Å². The van der Waals surface area contributed by atoms with E-state index in [1.54, 1.807) is 0 Å². The number of ketones is 1. The lowest BCUT2D eigenvalue weighted by Crippen LogP contribution is -2.18. The zero-order valence-corrected chi connectivity index (χ0v) is 8.21. The Labute approximate surface area is 84.9 Å². The van der Waals surface area contributed by atoms with Crippen LogP contribution in [0.5, 0.6) is 0 Å². The molecule has 0 spiro atoms. The van der Waals surface area contributed by atoms with E-state index in [4.69, 9.17) is 0 Å². The van der Waals surface area contributed by atoms with Gasteiger partial charge in [0.2, 0.25) is 0 Å². The number of carbonyl (C=O) groups excluding carboxylic acids is 1. The molecule has 0 atom stereocenters. The van der Waals surface area contributed by atoms with Crippen molar-refractivity contribution < 1.29 is 18.0 Å². The fourth-order valence-corrected chi connectivity index (χ4v) is 1.23. The third-order valence-corrected chi connectivity index (χ3v) is 1.80. The lowest BCUT2D eigenvalue weighted by Gasteiger charge is -2.07. The van der Waals surface area contributed by atoms with E-state index in [2.05, 4.69) is 5.10 Å². The van der Waals surface area contributed by atoms with Gasteiger partial charge in [0, 0.05) is 12.7 Å². The second kappa shape index (κ2) is 4.46. The highest BCUT2D eigenvalue weighted by Crippen LogP contribution is 2.22. The van der Waals surface area contributed by atoms with Crippen LogP contribution in [0, 0.1) is 0 Å². The van der Waals surface area contributed by atoms with Gasteiger partial charge in [0.15, 0.2) is 5.78 Å². The number of Topliss-reactive ketones (excluding diaryl/α,β-unsaturated/α-hetero) is 1.